The highest BCUT2D eigenvalue weighted by Gasteiger charge is 2.42. The number of carbonyl (C=O) groups is 2. The minimum Gasteiger partial charge on any atom is -0.396 e. The molecule has 0 spiro atoms. The van der Waals surface area contributed by atoms with Gasteiger partial charge in [-0.1, -0.05) is 37.5 Å². The van der Waals surface area contributed by atoms with Crippen LogP contribution in [0.4, 0.5) is 0 Å². The van der Waals surface area contributed by atoms with Gasteiger partial charge in [0.15, 0.2) is 0 Å². The molecule has 1 aliphatic heterocycles. The molecule has 1 fully saturated rings. The monoisotopic (exact) mass is 359 g/mol. The van der Waals surface area contributed by atoms with E-state index in [1.54, 1.807) is 0 Å². The first-order valence-corrected chi connectivity index (χ1v) is 9.96. The Bertz CT molecular complexity index is 720. The number of aliphatic hydroxyl groups excluding tert-OH is 1. The Morgan fingerprint density at radius 2 is 1.80 bits per heavy atom. The molecule has 1 saturated carbocycles. The van der Waals surface area contributed by atoms with Crippen LogP contribution in [0, 0.1) is 13.8 Å². The summed E-state index contributed by atoms with van der Waals surface area (Å²) in [5, 5.41) is 9.18. The molecule has 1 heterocycles. The van der Waals surface area contributed by atoms with Crippen molar-refractivity contribution < 1.29 is 14.7 Å². The molecule has 2 aliphatic rings. The van der Waals surface area contributed by atoms with E-state index in [2.05, 4.69) is 0 Å². The van der Waals surface area contributed by atoms with Crippen molar-refractivity contribution >= 4 is 29.1 Å². The highest BCUT2D eigenvalue weighted by molar-refractivity contribution is 8.04. The molecule has 0 bridgehead atoms. The first-order chi connectivity index (χ1) is 12.0. The van der Waals surface area contributed by atoms with Crippen molar-refractivity contribution in [3.8, 4) is 0 Å². The lowest BCUT2D eigenvalue weighted by atomic mass is 9.94. The molecule has 0 aromatic heterocycles. The van der Waals surface area contributed by atoms with E-state index < -0.39 is 0 Å². The standard InChI is InChI=1S/C20H25NO3S/c1-13-8-9-15(12-14(13)2)17-18(25-11-10-22)20(24)21(19(17)23)16-6-4-3-5-7-16/h8-9,12,16,22H,3-7,10-11H2,1-2H3. The molecule has 5 heteroatoms. The molecule has 1 aromatic carbocycles. The van der Waals surface area contributed by atoms with Gasteiger partial charge in [0, 0.05) is 11.8 Å². The molecule has 0 atom stereocenters. The average Bonchev–Trinajstić information content (AvgIpc) is 2.86. The van der Waals surface area contributed by atoms with Crippen LogP contribution in [0.5, 0.6) is 0 Å². The number of nitrogens with zero attached hydrogens (tertiary/aromatic N) is 1. The molecule has 134 valence electrons. The van der Waals surface area contributed by atoms with Crippen molar-refractivity contribution in [2.75, 3.05) is 12.4 Å². The van der Waals surface area contributed by atoms with Crippen LogP contribution in [-0.2, 0) is 9.59 Å². The van der Waals surface area contributed by atoms with E-state index in [9.17, 15) is 14.7 Å². The lowest BCUT2D eigenvalue weighted by molar-refractivity contribution is -0.139. The predicted molar refractivity (Wildman–Crippen MR) is 101 cm³/mol. The predicted octanol–water partition coefficient (Wildman–Crippen LogP) is 3.44. The van der Waals surface area contributed by atoms with Crippen LogP contribution in [0.15, 0.2) is 23.1 Å². The molecule has 1 aliphatic carbocycles. The first-order valence-electron chi connectivity index (χ1n) is 8.98. The van der Waals surface area contributed by atoms with Gasteiger partial charge in [-0.15, -0.1) is 11.8 Å². The van der Waals surface area contributed by atoms with Gasteiger partial charge >= 0.3 is 0 Å². The number of imide groups is 1. The number of hydrogen-bond donors (Lipinski definition) is 1. The fourth-order valence-corrected chi connectivity index (χ4v) is 4.50. The zero-order valence-electron chi connectivity index (χ0n) is 14.9. The molecule has 0 saturated heterocycles. The Kier molecular flexibility index (Phi) is 5.64. The van der Waals surface area contributed by atoms with Crippen LogP contribution < -0.4 is 0 Å². The summed E-state index contributed by atoms with van der Waals surface area (Å²) in [7, 11) is 0. The Labute approximate surface area is 153 Å². The molecule has 0 radical (unpaired) electrons. The zero-order valence-corrected chi connectivity index (χ0v) is 15.7. The van der Waals surface area contributed by atoms with Gasteiger partial charge < -0.3 is 5.11 Å². The normalized spacial score (nSPS) is 19.2. The Hall–Kier alpha value is -1.59. The molecule has 4 nitrogen and oxygen atoms in total. The summed E-state index contributed by atoms with van der Waals surface area (Å²) in [5.41, 5.74) is 3.58. The van der Waals surface area contributed by atoms with Gasteiger partial charge in [0.2, 0.25) is 0 Å². The van der Waals surface area contributed by atoms with E-state index in [0.29, 0.717) is 16.2 Å². The summed E-state index contributed by atoms with van der Waals surface area (Å²) in [4.78, 5) is 28.1. The van der Waals surface area contributed by atoms with Crippen LogP contribution in [-0.4, -0.2) is 40.2 Å². The van der Waals surface area contributed by atoms with Gasteiger partial charge in [-0.2, -0.15) is 0 Å². The maximum atomic E-state index is 13.2. The number of thioether (sulfide) groups is 1. The van der Waals surface area contributed by atoms with E-state index in [0.717, 1.165) is 42.4 Å². The second-order valence-electron chi connectivity index (χ2n) is 6.85. The van der Waals surface area contributed by atoms with E-state index >= 15 is 0 Å². The lowest BCUT2D eigenvalue weighted by Gasteiger charge is -2.29. The van der Waals surface area contributed by atoms with Crippen LogP contribution in [0.25, 0.3) is 5.57 Å². The maximum Gasteiger partial charge on any atom is 0.268 e. The third-order valence-electron chi connectivity index (χ3n) is 5.15. The average molecular weight is 359 g/mol. The topological polar surface area (TPSA) is 57.6 Å². The minimum absolute atomic E-state index is 0.0146. The van der Waals surface area contributed by atoms with E-state index in [1.807, 2.05) is 32.0 Å². The van der Waals surface area contributed by atoms with Crippen molar-refractivity contribution in [1.82, 2.24) is 4.90 Å². The number of hydrogen-bond acceptors (Lipinski definition) is 4. The summed E-state index contributed by atoms with van der Waals surface area (Å²) < 4.78 is 0. The molecule has 25 heavy (non-hydrogen) atoms. The second kappa shape index (κ2) is 7.75. The van der Waals surface area contributed by atoms with Crippen molar-refractivity contribution in [2.24, 2.45) is 0 Å². The van der Waals surface area contributed by atoms with Crippen LogP contribution >= 0.6 is 11.8 Å². The van der Waals surface area contributed by atoms with Crippen molar-refractivity contribution in [1.29, 1.82) is 0 Å². The van der Waals surface area contributed by atoms with Gasteiger partial charge in [0.05, 0.1) is 17.1 Å². The molecule has 0 unspecified atom stereocenters. The van der Waals surface area contributed by atoms with Crippen LogP contribution in [0.3, 0.4) is 0 Å². The highest BCUT2D eigenvalue weighted by Crippen LogP contribution is 2.39. The third-order valence-corrected chi connectivity index (χ3v) is 6.20. The van der Waals surface area contributed by atoms with Crippen LogP contribution in [0.1, 0.15) is 48.8 Å². The molecular formula is C20H25NO3S. The molecule has 1 aromatic rings. The van der Waals surface area contributed by atoms with Gasteiger partial charge in [-0.3, -0.25) is 14.5 Å². The molecule has 1 N–H and O–H groups in total. The quantitative estimate of drug-likeness (QED) is 0.818. The molecule has 2 amide bonds. The number of carbonyl (C=O) groups excluding carboxylic acids is 2. The summed E-state index contributed by atoms with van der Waals surface area (Å²) in [6, 6.07) is 5.92. The molecule has 3 rings (SSSR count). The summed E-state index contributed by atoms with van der Waals surface area (Å²) in [6.07, 6.45) is 5.11. The number of aryl methyl sites for hydroxylation is 2. The van der Waals surface area contributed by atoms with Crippen molar-refractivity contribution in [3.63, 3.8) is 0 Å². The van der Waals surface area contributed by atoms with Gasteiger partial charge in [0.25, 0.3) is 11.8 Å². The van der Waals surface area contributed by atoms with Crippen molar-refractivity contribution in [2.45, 2.75) is 52.0 Å². The number of rotatable bonds is 5. The van der Waals surface area contributed by atoms with Gasteiger partial charge in [-0.05, 0) is 43.4 Å². The maximum absolute atomic E-state index is 13.2. The fraction of sp³-hybridized carbons (Fsp3) is 0.500. The highest BCUT2D eigenvalue weighted by atomic mass is 32.2. The lowest BCUT2D eigenvalue weighted by Crippen LogP contribution is -2.42. The van der Waals surface area contributed by atoms with E-state index in [1.165, 1.54) is 23.1 Å². The first kappa shape index (κ1) is 18.2. The zero-order chi connectivity index (χ0) is 18.0. The molecular weight excluding hydrogens is 334 g/mol. The SMILES string of the molecule is Cc1ccc(C2=C(SCCO)C(=O)N(C3CCCCC3)C2=O)cc1C. The van der Waals surface area contributed by atoms with E-state index in [4.69, 9.17) is 0 Å². The largest absolute Gasteiger partial charge is 0.396 e. The van der Waals surface area contributed by atoms with Gasteiger partial charge in [-0.25, -0.2) is 0 Å². The Morgan fingerprint density at radius 3 is 2.44 bits per heavy atom. The summed E-state index contributed by atoms with van der Waals surface area (Å²) >= 11 is 1.29. The van der Waals surface area contributed by atoms with Crippen LogP contribution in [0.2, 0.25) is 0 Å². The smallest absolute Gasteiger partial charge is 0.268 e. The second-order valence-corrected chi connectivity index (χ2v) is 7.95. The minimum atomic E-state index is -0.177. The summed E-state index contributed by atoms with van der Waals surface area (Å²) in [5.74, 6) is 0.0745. The number of amides is 2. The van der Waals surface area contributed by atoms with E-state index in [-0.39, 0.29) is 24.5 Å². The number of benzene rings is 1. The number of aliphatic hydroxyl groups is 1. The fourth-order valence-electron chi connectivity index (χ4n) is 3.63. The Morgan fingerprint density at radius 1 is 1.08 bits per heavy atom. The summed E-state index contributed by atoms with van der Waals surface area (Å²) in [6.45, 7) is 4.03. The van der Waals surface area contributed by atoms with Gasteiger partial charge in [0.1, 0.15) is 0 Å². The Balaban J connectivity index is 2.00. The third kappa shape index (κ3) is 3.53. The van der Waals surface area contributed by atoms with Crippen molar-refractivity contribution in [3.05, 3.63) is 39.8 Å².